The molecule has 0 bridgehead atoms. The minimum atomic E-state index is 0.338. The predicted molar refractivity (Wildman–Crippen MR) is 90.3 cm³/mol. The molecule has 0 amide bonds. The molecule has 2 nitrogen and oxygen atoms in total. The maximum atomic E-state index is 11.8. The van der Waals surface area contributed by atoms with Crippen molar-refractivity contribution in [2.24, 2.45) is 0 Å². The summed E-state index contributed by atoms with van der Waals surface area (Å²) in [5.74, 6) is 0.338. The molecule has 0 spiro atoms. The third-order valence-electron chi connectivity index (χ3n) is 4.12. The van der Waals surface area contributed by atoms with Crippen molar-refractivity contribution in [1.82, 2.24) is 4.90 Å². The van der Waals surface area contributed by atoms with Crippen LogP contribution in [0.3, 0.4) is 0 Å². The van der Waals surface area contributed by atoms with Crippen molar-refractivity contribution in [2.45, 2.75) is 84.0 Å². The largest absolute Gasteiger partial charge is 0.366 e. The van der Waals surface area contributed by atoms with Crippen LogP contribution in [0.25, 0.3) is 0 Å². The lowest BCUT2D eigenvalue weighted by Crippen LogP contribution is -2.33. The number of unbranched alkanes of at least 4 members (excludes halogenated alkanes) is 5. The van der Waals surface area contributed by atoms with Crippen LogP contribution >= 0.6 is 12.2 Å². The second-order valence-corrected chi connectivity index (χ2v) is 6.50. The third-order valence-corrected chi connectivity index (χ3v) is 4.52. The van der Waals surface area contributed by atoms with Crippen LogP contribution in [0.5, 0.6) is 0 Å². The van der Waals surface area contributed by atoms with Gasteiger partial charge in [-0.05, 0) is 19.3 Å². The number of thiocarbonyl (C=S) groups is 1. The molecular weight excluding hydrogens is 266 g/mol. The molecule has 3 heteroatoms. The Hall–Kier alpha value is -0.440. The number of rotatable bonds is 7. The zero-order chi connectivity index (χ0) is 14.6. The Morgan fingerprint density at radius 1 is 1.00 bits per heavy atom. The first-order valence-electron chi connectivity index (χ1n) is 8.53. The van der Waals surface area contributed by atoms with Crippen molar-refractivity contribution in [3.05, 3.63) is 0 Å². The van der Waals surface area contributed by atoms with Crippen molar-refractivity contribution in [2.75, 3.05) is 13.1 Å². The first-order chi connectivity index (χ1) is 9.74. The van der Waals surface area contributed by atoms with Gasteiger partial charge in [0.25, 0.3) is 0 Å². The molecule has 0 aromatic rings. The Morgan fingerprint density at radius 2 is 1.70 bits per heavy atom. The summed E-state index contributed by atoms with van der Waals surface area (Å²) in [7, 11) is 0. The molecule has 1 heterocycles. The van der Waals surface area contributed by atoms with Crippen LogP contribution in [0.4, 0.5) is 0 Å². The fourth-order valence-corrected chi connectivity index (χ4v) is 3.14. The second kappa shape index (κ2) is 11.2. The van der Waals surface area contributed by atoms with Gasteiger partial charge in [-0.25, -0.2) is 0 Å². The van der Waals surface area contributed by atoms with E-state index in [0.717, 1.165) is 30.9 Å². The lowest BCUT2D eigenvalue weighted by Gasteiger charge is -2.26. The summed E-state index contributed by atoms with van der Waals surface area (Å²) in [6.45, 7) is 4.36. The predicted octanol–water partition coefficient (Wildman–Crippen LogP) is 4.90. The van der Waals surface area contributed by atoms with Crippen molar-refractivity contribution >= 4 is 23.0 Å². The van der Waals surface area contributed by atoms with Crippen LogP contribution in [-0.2, 0) is 4.79 Å². The molecule has 0 aromatic carbocycles. The number of carbonyl (C=O) groups excluding carboxylic acids is 1. The summed E-state index contributed by atoms with van der Waals surface area (Å²) in [6.07, 6.45) is 13.8. The highest BCUT2D eigenvalue weighted by Gasteiger charge is 2.14. The van der Waals surface area contributed by atoms with Gasteiger partial charge >= 0.3 is 0 Å². The van der Waals surface area contributed by atoms with Crippen LogP contribution in [0.2, 0.25) is 0 Å². The van der Waals surface area contributed by atoms with Gasteiger partial charge in [0.2, 0.25) is 0 Å². The Bertz CT molecular complexity index is 291. The van der Waals surface area contributed by atoms with Crippen LogP contribution < -0.4 is 0 Å². The summed E-state index contributed by atoms with van der Waals surface area (Å²) in [6, 6.07) is 0. The number of ketones is 1. The highest BCUT2D eigenvalue weighted by atomic mass is 32.1. The van der Waals surface area contributed by atoms with Gasteiger partial charge in [-0.2, -0.15) is 0 Å². The maximum Gasteiger partial charge on any atom is 0.139 e. The Morgan fingerprint density at radius 3 is 2.50 bits per heavy atom. The molecule has 0 aromatic heterocycles. The van der Waals surface area contributed by atoms with E-state index in [4.69, 9.17) is 12.2 Å². The Labute approximate surface area is 130 Å². The maximum absolute atomic E-state index is 11.8. The minimum Gasteiger partial charge on any atom is -0.366 e. The van der Waals surface area contributed by atoms with Gasteiger partial charge in [-0.1, -0.05) is 64.1 Å². The molecule has 1 aliphatic heterocycles. The molecule has 1 saturated heterocycles. The number of hydrogen-bond donors (Lipinski definition) is 0. The van der Waals surface area contributed by atoms with Gasteiger partial charge in [0.15, 0.2) is 0 Å². The SMILES string of the molecule is CCCCCCCCN1CCCCCCC(=O)CC1=S. The molecule has 0 saturated carbocycles. The van der Waals surface area contributed by atoms with Gasteiger partial charge in [0.1, 0.15) is 5.78 Å². The smallest absolute Gasteiger partial charge is 0.139 e. The quantitative estimate of drug-likeness (QED) is 0.492. The number of Topliss-reactive ketones (excluding diaryl/α,β-unsaturated/α-hetero) is 1. The molecule has 0 aliphatic carbocycles. The lowest BCUT2D eigenvalue weighted by atomic mass is 10.1. The monoisotopic (exact) mass is 297 g/mol. The fourth-order valence-electron chi connectivity index (χ4n) is 2.79. The van der Waals surface area contributed by atoms with Crippen LogP contribution in [0, 0.1) is 0 Å². The van der Waals surface area contributed by atoms with E-state index in [9.17, 15) is 4.79 Å². The van der Waals surface area contributed by atoms with E-state index in [2.05, 4.69) is 11.8 Å². The highest BCUT2D eigenvalue weighted by Crippen LogP contribution is 2.13. The summed E-state index contributed by atoms with van der Waals surface area (Å²) < 4.78 is 0. The Kier molecular flexibility index (Phi) is 9.90. The molecule has 20 heavy (non-hydrogen) atoms. The molecular formula is C17H31NOS. The van der Waals surface area contributed by atoms with E-state index in [-0.39, 0.29) is 0 Å². The van der Waals surface area contributed by atoms with Crippen molar-refractivity contribution < 1.29 is 4.79 Å². The first kappa shape index (κ1) is 17.6. The minimum absolute atomic E-state index is 0.338. The van der Waals surface area contributed by atoms with Gasteiger partial charge in [0, 0.05) is 19.5 Å². The van der Waals surface area contributed by atoms with Gasteiger partial charge in [-0.15, -0.1) is 0 Å². The number of nitrogens with zero attached hydrogens (tertiary/aromatic N) is 1. The summed E-state index contributed by atoms with van der Waals surface area (Å²) in [4.78, 5) is 15.0. The van der Waals surface area contributed by atoms with Gasteiger partial charge < -0.3 is 4.90 Å². The van der Waals surface area contributed by atoms with E-state index in [0.29, 0.717) is 12.2 Å². The van der Waals surface area contributed by atoms with Crippen molar-refractivity contribution in [3.63, 3.8) is 0 Å². The summed E-state index contributed by atoms with van der Waals surface area (Å²) in [5.41, 5.74) is 0. The molecule has 1 fully saturated rings. The molecule has 116 valence electrons. The molecule has 0 atom stereocenters. The fraction of sp³-hybridized carbons (Fsp3) is 0.882. The third kappa shape index (κ3) is 7.98. The zero-order valence-corrected chi connectivity index (χ0v) is 14.0. The zero-order valence-electron chi connectivity index (χ0n) is 13.2. The molecule has 0 radical (unpaired) electrons. The molecule has 1 aliphatic rings. The van der Waals surface area contributed by atoms with E-state index in [1.54, 1.807) is 0 Å². The number of hydrogen-bond acceptors (Lipinski definition) is 2. The van der Waals surface area contributed by atoms with E-state index in [1.165, 1.54) is 57.8 Å². The molecule has 0 unspecified atom stereocenters. The average Bonchev–Trinajstić information content (AvgIpc) is 2.43. The summed E-state index contributed by atoms with van der Waals surface area (Å²) >= 11 is 5.48. The highest BCUT2D eigenvalue weighted by molar-refractivity contribution is 7.80. The first-order valence-corrected chi connectivity index (χ1v) is 8.94. The van der Waals surface area contributed by atoms with Crippen molar-refractivity contribution in [3.8, 4) is 0 Å². The van der Waals surface area contributed by atoms with E-state index >= 15 is 0 Å². The van der Waals surface area contributed by atoms with Gasteiger partial charge in [-0.3, -0.25) is 4.79 Å². The second-order valence-electron chi connectivity index (χ2n) is 6.03. The normalized spacial score (nSPS) is 18.4. The standard InChI is InChI=1S/C17H31NOS/c1-2-3-4-5-7-10-13-18-14-11-8-6-9-12-16(19)15-17(18)20/h2-15H2,1H3. The number of carbonyl (C=O) groups is 1. The molecule has 0 N–H and O–H groups in total. The topological polar surface area (TPSA) is 20.3 Å². The Balaban J connectivity index is 2.27. The molecule has 1 rings (SSSR count). The van der Waals surface area contributed by atoms with Crippen LogP contribution in [0.1, 0.15) is 84.0 Å². The average molecular weight is 298 g/mol. The van der Waals surface area contributed by atoms with Crippen molar-refractivity contribution in [1.29, 1.82) is 0 Å². The van der Waals surface area contributed by atoms with E-state index < -0.39 is 0 Å². The van der Waals surface area contributed by atoms with Gasteiger partial charge in [0.05, 0.1) is 11.4 Å². The lowest BCUT2D eigenvalue weighted by molar-refractivity contribution is -0.118. The van der Waals surface area contributed by atoms with Crippen LogP contribution in [0.15, 0.2) is 0 Å². The van der Waals surface area contributed by atoms with E-state index in [1.807, 2.05) is 0 Å². The van der Waals surface area contributed by atoms with Crippen LogP contribution in [-0.4, -0.2) is 28.8 Å². The summed E-state index contributed by atoms with van der Waals surface area (Å²) in [5, 5.41) is 0.